The van der Waals surface area contributed by atoms with Crippen LogP contribution in [0.1, 0.15) is 39.5 Å². The lowest BCUT2D eigenvalue weighted by atomic mass is 9.70. The van der Waals surface area contributed by atoms with Gasteiger partial charge in [-0.15, -0.1) is 0 Å². The van der Waals surface area contributed by atoms with E-state index in [4.69, 9.17) is 0 Å². The predicted octanol–water partition coefficient (Wildman–Crippen LogP) is -0.164. The van der Waals surface area contributed by atoms with Gasteiger partial charge >= 0.3 is 0 Å². The molecular formula is C15H29N2O3S+. The van der Waals surface area contributed by atoms with E-state index in [0.29, 0.717) is 18.9 Å². The minimum atomic E-state index is -3.39. The molecule has 0 aliphatic heterocycles. The highest BCUT2D eigenvalue weighted by Gasteiger charge is 2.65. The van der Waals surface area contributed by atoms with Crippen molar-refractivity contribution >= 4 is 15.8 Å². The molecule has 0 heterocycles. The molecule has 0 amide bonds. The molecule has 2 atom stereocenters. The summed E-state index contributed by atoms with van der Waals surface area (Å²) in [5.74, 6) is 0.487. The largest absolute Gasteiger partial charge is 0.340 e. The third kappa shape index (κ3) is 3.03. The van der Waals surface area contributed by atoms with Gasteiger partial charge in [0.2, 0.25) is 10.0 Å². The van der Waals surface area contributed by atoms with Crippen molar-refractivity contribution in [3.05, 3.63) is 0 Å². The minimum Gasteiger partial charge on any atom is -0.340 e. The van der Waals surface area contributed by atoms with E-state index in [1.54, 1.807) is 0 Å². The fraction of sp³-hybridized carbons (Fsp3) is 0.933. The summed E-state index contributed by atoms with van der Waals surface area (Å²) in [5.41, 5.74) is -0.844. The van der Waals surface area contributed by atoms with Gasteiger partial charge in [0.1, 0.15) is 5.78 Å². The number of fused-ring (bicyclic) bond motifs is 2. The van der Waals surface area contributed by atoms with Crippen molar-refractivity contribution in [3.8, 4) is 0 Å². The summed E-state index contributed by atoms with van der Waals surface area (Å²) in [5, 5.41) is 0. The summed E-state index contributed by atoms with van der Waals surface area (Å²) in [4.78, 5) is 13.7. The van der Waals surface area contributed by atoms with E-state index in [0.717, 1.165) is 25.8 Å². The zero-order valence-electron chi connectivity index (χ0n) is 13.7. The van der Waals surface area contributed by atoms with Crippen LogP contribution in [0.15, 0.2) is 0 Å². The van der Waals surface area contributed by atoms with Crippen LogP contribution in [-0.4, -0.2) is 47.1 Å². The fourth-order valence-electron chi connectivity index (χ4n) is 4.15. The highest BCUT2D eigenvalue weighted by Crippen LogP contribution is 2.64. The molecule has 2 aliphatic rings. The summed E-state index contributed by atoms with van der Waals surface area (Å²) in [7, 11) is 0.704. The molecule has 5 nitrogen and oxygen atoms in total. The summed E-state index contributed by atoms with van der Waals surface area (Å²) in [6.07, 6.45) is 3.09. The average molecular weight is 317 g/mol. The Labute approximate surface area is 128 Å². The van der Waals surface area contributed by atoms with Crippen molar-refractivity contribution < 1.29 is 18.1 Å². The normalized spacial score (nSPS) is 31.3. The molecule has 0 radical (unpaired) electrons. The monoisotopic (exact) mass is 317 g/mol. The van der Waals surface area contributed by atoms with Crippen molar-refractivity contribution in [2.24, 2.45) is 16.7 Å². The van der Waals surface area contributed by atoms with Crippen molar-refractivity contribution in [2.75, 3.05) is 32.9 Å². The van der Waals surface area contributed by atoms with Crippen molar-refractivity contribution in [1.82, 2.24) is 4.72 Å². The SMILES string of the molecule is C[NH+](C)CCCNS(=O)(=O)CC12CCC(CC1=O)C2(C)C. The number of carbonyl (C=O) groups excluding carboxylic acids is 1. The topological polar surface area (TPSA) is 67.7 Å². The van der Waals surface area contributed by atoms with E-state index in [9.17, 15) is 13.2 Å². The number of hydrogen-bond acceptors (Lipinski definition) is 3. The van der Waals surface area contributed by atoms with Crippen molar-refractivity contribution in [2.45, 2.75) is 39.5 Å². The minimum absolute atomic E-state index is 0.0306. The number of hydrogen-bond donors (Lipinski definition) is 2. The molecule has 2 saturated carbocycles. The Morgan fingerprint density at radius 2 is 2.00 bits per heavy atom. The fourth-order valence-corrected chi connectivity index (χ4v) is 6.04. The molecule has 0 saturated heterocycles. The van der Waals surface area contributed by atoms with Gasteiger partial charge in [0.25, 0.3) is 0 Å². The molecule has 0 aromatic rings. The molecule has 2 fully saturated rings. The van der Waals surface area contributed by atoms with Gasteiger partial charge in [-0.3, -0.25) is 4.79 Å². The highest BCUT2D eigenvalue weighted by atomic mass is 32.2. The quantitative estimate of drug-likeness (QED) is 0.641. The van der Waals surface area contributed by atoms with Gasteiger partial charge in [-0.05, 0) is 24.2 Å². The van der Waals surface area contributed by atoms with Crippen LogP contribution >= 0.6 is 0 Å². The Morgan fingerprint density at radius 1 is 1.33 bits per heavy atom. The second-order valence-corrected chi connectivity index (χ2v) is 9.44. The first-order valence-corrected chi connectivity index (χ1v) is 9.56. The van der Waals surface area contributed by atoms with E-state index in [2.05, 4.69) is 18.6 Å². The lowest BCUT2D eigenvalue weighted by Gasteiger charge is -2.36. The van der Waals surface area contributed by atoms with Crippen LogP contribution in [-0.2, 0) is 14.8 Å². The number of nitrogens with one attached hydrogen (secondary N) is 2. The lowest BCUT2D eigenvalue weighted by molar-refractivity contribution is -0.858. The molecule has 6 heteroatoms. The maximum absolute atomic E-state index is 12.4. The smallest absolute Gasteiger partial charge is 0.212 e. The summed E-state index contributed by atoms with van der Waals surface area (Å²) in [6, 6.07) is 0. The second-order valence-electron chi connectivity index (χ2n) is 7.63. The Morgan fingerprint density at radius 3 is 2.48 bits per heavy atom. The molecule has 21 heavy (non-hydrogen) atoms. The molecule has 0 aromatic heterocycles. The first-order valence-electron chi connectivity index (χ1n) is 7.90. The number of rotatable bonds is 7. The molecular weight excluding hydrogens is 288 g/mol. The Bertz CT molecular complexity index is 513. The lowest BCUT2D eigenvalue weighted by Crippen LogP contribution is -3.05. The molecule has 2 aliphatic carbocycles. The van der Waals surface area contributed by atoms with Crippen LogP contribution in [0.4, 0.5) is 0 Å². The zero-order valence-corrected chi connectivity index (χ0v) is 14.5. The van der Waals surface area contributed by atoms with Gasteiger partial charge in [0.05, 0.1) is 26.4 Å². The van der Waals surface area contributed by atoms with Gasteiger partial charge in [-0.2, -0.15) is 0 Å². The van der Waals surface area contributed by atoms with Crippen LogP contribution in [0, 0.1) is 16.7 Å². The van der Waals surface area contributed by atoms with Gasteiger partial charge in [0, 0.05) is 24.8 Å². The van der Waals surface area contributed by atoms with E-state index < -0.39 is 15.4 Å². The third-order valence-electron chi connectivity index (χ3n) is 5.75. The Hall–Kier alpha value is -0.460. The van der Waals surface area contributed by atoms with E-state index in [1.807, 2.05) is 14.1 Å². The second kappa shape index (κ2) is 5.63. The van der Waals surface area contributed by atoms with E-state index in [1.165, 1.54) is 4.90 Å². The van der Waals surface area contributed by atoms with Gasteiger partial charge in [-0.25, -0.2) is 13.1 Å². The number of ketones is 1. The molecule has 0 spiro atoms. The first-order chi connectivity index (χ1) is 9.61. The molecule has 2 rings (SSSR count). The van der Waals surface area contributed by atoms with Crippen LogP contribution in [0.25, 0.3) is 0 Å². The van der Waals surface area contributed by atoms with E-state index in [-0.39, 0.29) is 17.0 Å². The average Bonchev–Trinajstić information content (AvgIpc) is 2.68. The van der Waals surface area contributed by atoms with Crippen LogP contribution in [0.3, 0.4) is 0 Å². The van der Waals surface area contributed by atoms with Crippen LogP contribution < -0.4 is 9.62 Å². The first kappa shape index (κ1) is 16.9. The summed E-state index contributed by atoms with van der Waals surface area (Å²) >= 11 is 0. The van der Waals surface area contributed by atoms with Gasteiger partial charge < -0.3 is 4.90 Å². The Balaban J connectivity index is 2.01. The number of Topliss-reactive ketones (excluding diaryl/α,β-unsaturated/α-hetero) is 1. The van der Waals surface area contributed by atoms with E-state index >= 15 is 0 Å². The Kier molecular flexibility index (Phi) is 4.53. The maximum atomic E-state index is 12.4. The van der Waals surface area contributed by atoms with Crippen molar-refractivity contribution in [3.63, 3.8) is 0 Å². The summed E-state index contributed by atoms with van der Waals surface area (Å²) < 4.78 is 27.4. The molecule has 2 N–H and O–H groups in total. The number of sulfonamides is 1. The molecule has 2 bridgehead atoms. The molecule has 0 aromatic carbocycles. The van der Waals surface area contributed by atoms with Gasteiger partial charge in [-0.1, -0.05) is 13.8 Å². The zero-order chi connectivity index (χ0) is 15.9. The molecule has 2 unspecified atom stereocenters. The maximum Gasteiger partial charge on any atom is 0.212 e. The molecule has 122 valence electrons. The van der Waals surface area contributed by atoms with Gasteiger partial charge in [0.15, 0.2) is 0 Å². The van der Waals surface area contributed by atoms with Crippen LogP contribution in [0.2, 0.25) is 0 Å². The number of quaternary nitrogens is 1. The van der Waals surface area contributed by atoms with Crippen LogP contribution in [0.5, 0.6) is 0 Å². The van der Waals surface area contributed by atoms with Crippen molar-refractivity contribution in [1.29, 1.82) is 0 Å². The summed E-state index contributed by atoms with van der Waals surface area (Å²) in [6.45, 7) is 5.53. The highest BCUT2D eigenvalue weighted by molar-refractivity contribution is 7.89. The predicted molar refractivity (Wildman–Crippen MR) is 82.6 cm³/mol. The third-order valence-corrected chi connectivity index (χ3v) is 7.27. The number of carbonyl (C=O) groups is 1. The standard InChI is InChI=1S/C15H28N2O3S/c1-14(2)12-6-7-15(14,13(18)10-12)11-21(19,20)16-8-5-9-17(3)4/h12,16H,5-11H2,1-4H3/p+1.